The Morgan fingerprint density at radius 3 is 2.37 bits per heavy atom. The second-order valence-electron chi connectivity index (χ2n) is 9.08. The van der Waals surface area contributed by atoms with Crippen LogP contribution in [0.15, 0.2) is 78.9 Å². The average molecular weight is 474 g/mol. The lowest BCUT2D eigenvalue weighted by Gasteiger charge is -2.21. The molecule has 0 aliphatic carbocycles. The fourth-order valence-electron chi connectivity index (χ4n) is 4.41. The highest BCUT2D eigenvalue weighted by Gasteiger charge is 2.25. The number of ether oxygens (including phenoxy) is 1. The van der Waals surface area contributed by atoms with Crippen molar-refractivity contribution in [3.8, 4) is 11.5 Å². The monoisotopic (exact) mass is 473 g/mol. The number of hydrogen-bond acceptors (Lipinski definition) is 5. The van der Waals surface area contributed by atoms with E-state index in [0.717, 1.165) is 55.3 Å². The Morgan fingerprint density at radius 2 is 1.69 bits per heavy atom. The third-order valence-electron chi connectivity index (χ3n) is 6.08. The SMILES string of the molecule is CN(Cc1ccc(C(=O)O)cc1)C[C@H]1CCN(CC(=O)Nc2ccc(Oc3ccccc3)cc2)C1. The Bertz CT molecular complexity index is 1120. The summed E-state index contributed by atoms with van der Waals surface area (Å²) in [6.07, 6.45) is 1.06. The van der Waals surface area contributed by atoms with Crippen LogP contribution in [-0.2, 0) is 11.3 Å². The van der Waals surface area contributed by atoms with Gasteiger partial charge in [0, 0.05) is 25.3 Å². The molecular weight excluding hydrogens is 442 g/mol. The number of carbonyl (C=O) groups is 2. The summed E-state index contributed by atoms with van der Waals surface area (Å²) < 4.78 is 5.79. The second kappa shape index (κ2) is 11.6. The predicted octanol–water partition coefficient (Wildman–Crippen LogP) is 4.57. The van der Waals surface area contributed by atoms with Crippen LogP contribution in [0.25, 0.3) is 0 Å². The van der Waals surface area contributed by atoms with Crippen LogP contribution in [0.4, 0.5) is 5.69 Å². The van der Waals surface area contributed by atoms with Gasteiger partial charge in [0.2, 0.25) is 5.91 Å². The zero-order chi connectivity index (χ0) is 24.6. The maximum atomic E-state index is 12.6. The number of nitrogens with zero attached hydrogens (tertiary/aromatic N) is 2. The average Bonchev–Trinajstić information content (AvgIpc) is 3.27. The molecule has 1 fully saturated rings. The number of carboxylic acid groups (broad SMARTS) is 1. The zero-order valence-electron chi connectivity index (χ0n) is 19.9. The predicted molar refractivity (Wildman–Crippen MR) is 136 cm³/mol. The van der Waals surface area contributed by atoms with Crippen LogP contribution >= 0.6 is 0 Å². The lowest BCUT2D eigenvalue weighted by Crippen LogP contribution is -2.33. The minimum absolute atomic E-state index is 0.0192. The van der Waals surface area contributed by atoms with E-state index in [-0.39, 0.29) is 5.91 Å². The number of likely N-dealkylation sites (tertiary alicyclic amines) is 1. The fraction of sp³-hybridized carbons (Fsp3) is 0.286. The summed E-state index contributed by atoms with van der Waals surface area (Å²) >= 11 is 0. The van der Waals surface area contributed by atoms with Crippen LogP contribution in [0, 0.1) is 5.92 Å². The summed E-state index contributed by atoms with van der Waals surface area (Å²) in [6.45, 7) is 3.87. The largest absolute Gasteiger partial charge is 0.478 e. The lowest BCUT2D eigenvalue weighted by molar-refractivity contribution is -0.117. The molecule has 4 rings (SSSR count). The van der Waals surface area contributed by atoms with Gasteiger partial charge in [-0.3, -0.25) is 9.69 Å². The molecule has 0 saturated carbocycles. The minimum atomic E-state index is -0.908. The maximum absolute atomic E-state index is 12.6. The first-order valence-corrected chi connectivity index (χ1v) is 11.8. The molecule has 3 aromatic carbocycles. The smallest absolute Gasteiger partial charge is 0.335 e. The number of carbonyl (C=O) groups excluding carboxylic acids is 1. The molecule has 1 heterocycles. The molecule has 0 aromatic heterocycles. The van der Waals surface area contributed by atoms with Crippen LogP contribution in [0.5, 0.6) is 11.5 Å². The van der Waals surface area contributed by atoms with Gasteiger partial charge in [0.25, 0.3) is 0 Å². The Kier molecular flexibility index (Phi) is 8.13. The first-order valence-electron chi connectivity index (χ1n) is 11.8. The van der Waals surface area contributed by atoms with Gasteiger partial charge >= 0.3 is 5.97 Å². The summed E-state index contributed by atoms with van der Waals surface area (Å²) in [7, 11) is 2.08. The van der Waals surface area contributed by atoms with Crippen molar-refractivity contribution in [2.75, 3.05) is 38.5 Å². The van der Waals surface area contributed by atoms with Gasteiger partial charge < -0.3 is 20.1 Å². The molecule has 0 bridgehead atoms. The highest BCUT2D eigenvalue weighted by molar-refractivity contribution is 5.92. The van der Waals surface area contributed by atoms with E-state index in [1.54, 1.807) is 12.1 Å². The number of anilines is 1. The Morgan fingerprint density at radius 1 is 1.00 bits per heavy atom. The van der Waals surface area contributed by atoms with Crippen LogP contribution in [0.2, 0.25) is 0 Å². The number of para-hydroxylation sites is 1. The van der Waals surface area contributed by atoms with E-state index in [0.29, 0.717) is 18.0 Å². The molecule has 1 saturated heterocycles. The van der Waals surface area contributed by atoms with E-state index < -0.39 is 5.97 Å². The summed E-state index contributed by atoms with van der Waals surface area (Å²) in [5, 5.41) is 12.0. The molecule has 1 aliphatic heterocycles. The molecular formula is C28H31N3O4. The molecule has 0 unspecified atom stereocenters. The second-order valence-corrected chi connectivity index (χ2v) is 9.08. The number of amides is 1. The number of hydrogen-bond donors (Lipinski definition) is 2. The van der Waals surface area contributed by atoms with Crippen molar-refractivity contribution in [3.63, 3.8) is 0 Å². The van der Waals surface area contributed by atoms with E-state index in [1.807, 2.05) is 66.7 Å². The van der Waals surface area contributed by atoms with Gasteiger partial charge in [-0.15, -0.1) is 0 Å². The van der Waals surface area contributed by atoms with E-state index >= 15 is 0 Å². The number of aromatic carboxylic acids is 1. The molecule has 0 radical (unpaired) electrons. The molecule has 35 heavy (non-hydrogen) atoms. The number of nitrogens with one attached hydrogen (secondary N) is 1. The van der Waals surface area contributed by atoms with Crippen molar-refractivity contribution in [2.24, 2.45) is 5.92 Å². The molecule has 0 spiro atoms. The van der Waals surface area contributed by atoms with Crippen LogP contribution < -0.4 is 10.1 Å². The van der Waals surface area contributed by atoms with Gasteiger partial charge in [-0.1, -0.05) is 30.3 Å². The van der Waals surface area contributed by atoms with E-state index in [1.165, 1.54) is 0 Å². The van der Waals surface area contributed by atoms with Gasteiger partial charge in [0.1, 0.15) is 11.5 Å². The quantitative estimate of drug-likeness (QED) is 0.449. The van der Waals surface area contributed by atoms with Crippen molar-refractivity contribution in [1.82, 2.24) is 9.80 Å². The third-order valence-corrected chi connectivity index (χ3v) is 6.08. The molecule has 1 amide bonds. The normalized spacial score (nSPS) is 15.8. The van der Waals surface area contributed by atoms with Gasteiger partial charge in [-0.05, 0) is 80.0 Å². The first-order chi connectivity index (χ1) is 16.9. The molecule has 7 heteroatoms. The van der Waals surface area contributed by atoms with E-state index in [2.05, 4.69) is 22.2 Å². The first kappa shape index (κ1) is 24.4. The summed E-state index contributed by atoms with van der Waals surface area (Å²) in [5.41, 5.74) is 2.14. The van der Waals surface area contributed by atoms with Crippen LogP contribution in [0.3, 0.4) is 0 Å². The minimum Gasteiger partial charge on any atom is -0.478 e. The van der Waals surface area contributed by atoms with Crippen LogP contribution in [0.1, 0.15) is 22.3 Å². The van der Waals surface area contributed by atoms with Gasteiger partial charge in [0.05, 0.1) is 12.1 Å². The van der Waals surface area contributed by atoms with Crippen molar-refractivity contribution < 1.29 is 19.4 Å². The Labute approximate surface area is 205 Å². The number of carboxylic acids is 1. The van der Waals surface area contributed by atoms with Gasteiger partial charge in [0.15, 0.2) is 0 Å². The summed E-state index contributed by atoms with van der Waals surface area (Å²) in [6, 6.07) is 24.0. The Balaban J connectivity index is 1.18. The molecule has 7 nitrogen and oxygen atoms in total. The highest BCUT2D eigenvalue weighted by atomic mass is 16.5. The summed E-state index contributed by atoms with van der Waals surface area (Å²) in [5.74, 6) is 1.07. The zero-order valence-corrected chi connectivity index (χ0v) is 19.9. The molecule has 1 aliphatic rings. The van der Waals surface area contributed by atoms with Crippen molar-refractivity contribution in [1.29, 1.82) is 0 Å². The maximum Gasteiger partial charge on any atom is 0.335 e. The molecule has 1 atom stereocenters. The van der Waals surface area contributed by atoms with E-state index in [9.17, 15) is 9.59 Å². The molecule has 2 N–H and O–H groups in total. The highest BCUT2D eigenvalue weighted by Crippen LogP contribution is 2.23. The molecule has 182 valence electrons. The standard InChI is InChI=1S/C28H31N3O4/c1-30(17-21-7-9-23(10-8-21)28(33)34)18-22-15-16-31(19-22)20-27(32)29-24-11-13-26(14-12-24)35-25-5-3-2-4-6-25/h2-14,22H,15-20H2,1H3,(H,29,32)(H,33,34)/t22-/m1/s1. The lowest BCUT2D eigenvalue weighted by atomic mass is 10.1. The van der Waals surface area contributed by atoms with Gasteiger partial charge in [-0.2, -0.15) is 0 Å². The third kappa shape index (κ3) is 7.40. The number of rotatable bonds is 10. The summed E-state index contributed by atoms with van der Waals surface area (Å²) in [4.78, 5) is 28.0. The topological polar surface area (TPSA) is 82.1 Å². The Hall–Kier alpha value is -3.68. The number of benzene rings is 3. The van der Waals surface area contributed by atoms with Crippen molar-refractivity contribution >= 4 is 17.6 Å². The van der Waals surface area contributed by atoms with Crippen LogP contribution in [-0.4, -0.2) is 60.0 Å². The van der Waals surface area contributed by atoms with Crippen molar-refractivity contribution in [2.45, 2.75) is 13.0 Å². The van der Waals surface area contributed by atoms with E-state index in [4.69, 9.17) is 9.84 Å². The van der Waals surface area contributed by atoms with Gasteiger partial charge in [-0.25, -0.2) is 4.79 Å². The fourth-order valence-corrected chi connectivity index (χ4v) is 4.41. The van der Waals surface area contributed by atoms with Crippen molar-refractivity contribution in [3.05, 3.63) is 90.0 Å². The molecule has 3 aromatic rings.